The molecule has 25 heavy (non-hydrogen) atoms. The fourth-order valence-electron chi connectivity index (χ4n) is 2.87. The van der Waals surface area contributed by atoms with Gasteiger partial charge in [0.25, 0.3) is 5.91 Å². The Labute approximate surface area is 155 Å². The summed E-state index contributed by atoms with van der Waals surface area (Å²) in [6.45, 7) is 3.81. The lowest BCUT2D eigenvalue weighted by Crippen LogP contribution is -2.36. The number of phenols is 1. The van der Waals surface area contributed by atoms with E-state index in [4.69, 9.17) is 4.74 Å². The second kappa shape index (κ2) is 7.89. The molecule has 5 nitrogen and oxygen atoms in total. The summed E-state index contributed by atoms with van der Waals surface area (Å²) in [6.07, 6.45) is 0. The number of phenolic OH excluding ortho intramolecular Hbond substituents is 1. The van der Waals surface area contributed by atoms with Gasteiger partial charge in [-0.3, -0.25) is 4.79 Å². The monoisotopic (exact) mass is 404 g/mol. The van der Waals surface area contributed by atoms with Crippen molar-refractivity contribution in [2.45, 2.75) is 6.54 Å². The number of aromatic hydroxyl groups is 1. The first-order valence-electron chi connectivity index (χ1n) is 8.20. The fraction of sp³-hybridized carbons (Fsp3) is 0.316. The van der Waals surface area contributed by atoms with Gasteiger partial charge in [-0.25, -0.2) is 0 Å². The molecule has 0 radical (unpaired) electrons. The van der Waals surface area contributed by atoms with Crippen LogP contribution in [0.3, 0.4) is 0 Å². The van der Waals surface area contributed by atoms with Crippen molar-refractivity contribution in [2.24, 2.45) is 0 Å². The van der Waals surface area contributed by atoms with E-state index < -0.39 is 0 Å². The summed E-state index contributed by atoms with van der Waals surface area (Å²) in [4.78, 5) is 16.4. The van der Waals surface area contributed by atoms with Crippen LogP contribution >= 0.6 is 15.9 Å². The fourth-order valence-corrected chi connectivity index (χ4v) is 3.22. The molecule has 1 aliphatic rings. The molecule has 0 aromatic heterocycles. The first-order chi connectivity index (χ1) is 12.0. The predicted molar refractivity (Wildman–Crippen MR) is 101 cm³/mol. The van der Waals surface area contributed by atoms with Crippen LogP contribution in [0.2, 0.25) is 0 Å². The largest absolute Gasteiger partial charge is 0.507 e. The van der Waals surface area contributed by atoms with E-state index in [1.165, 1.54) is 11.8 Å². The molecule has 0 saturated carbocycles. The summed E-state index contributed by atoms with van der Waals surface area (Å²) in [5.74, 6) is -0.226. The van der Waals surface area contributed by atoms with Crippen LogP contribution in [0.5, 0.6) is 5.75 Å². The van der Waals surface area contributed by atoms with E-state index in [0.717, 1.165) is 36.3 Å². The minimum atomic E-state index is -0.206. The summed E-state index contributed by atoms with van der Waals surface area (Å²) in [7, 11) is 1.74. The Bertz CT molecular complexity index is 743. The molecular formula is C19H21BrN2O3. The number of rotatable bonds is 4. The van der Waals surface area contributed by atoms with Crippen LogP contribution in [-0.4, -0.2) is 49.3 Å². The number of nitrogens with zero attached hydrogens (tertiary/aromatic N) is 2. The van der Waals surface area contributed by atoms with Gasteiger partial charge in [-0.1, -0.05) is 28.1 Å². The van der Waals surface area contributed by atoms with Crippen molar-refractivity contribution in [2.75, 3.05) is 38.3 Å². The first kappa shape index (κ1) is 17.8. The molecule has 0 unspecified atom stereocenters. The van der Waals surface area contributed by atoms with Gasteiger partial charge in [-0.05, 0) is 35.9 Å². The van der Waals surface area contributed by atoms with Crippen LogP contribution in [0.25, 0.3) is 0 Å². The topological polar surface area (TPSA) is 53.0 Å². The molecule has 2 aromatic rings. The predicted octanol–water partition coefficient (Wildman–Crippen LogP) is 3.26. The molecule has 1 fully saturated rings. The minimum Gasteiger partial charge on any atom is -0.507 e. The molecule has 1 amide bonds. The van der Waals surface area contributed by atoms with Crippen molar-refractivity contribution in [3.05, 3.63) is 58.1 Å². The van der Waals surface area contributed by atoms with E-state index in [-0.39, 0.29) is 11.7 Å². The molecule has 6 heteroatoms. The van der Waals surface area contributed by atoms with Crippen LogP contribution in [0, 0.1) is 0 Å². The Morgan fingerprint density at radius 1 is 1.20 bits per heavy atom. The number of morpholine rings is 1. The van der Waals surface area contributed by atoms with Crippen LogP contribution in [-0.2, 0) is 11.3 Å². The molecule has 1 saturated heterocycles. The molecule has 1 N–H and O–H groups in total. The average Bonchev–Trinajstić information content (AvgIpc) is 2.62. The highest BCUT2D eigenvalue weighted by molar-refractivity contribution is 9.10. The number of carbonyl (C=O) groups is 1. The Kier molecular flexibility index (Phi) is 5.60. The second-order valence-corrected chi connectivity index (χ2v) is 7.00. The second-order valence-electron chi connectivity index (χ2n) is 6.09. The number of benzene rings is 2. The molecule has 0 spiro atoms. The standard InChI is InChI=1S/C19H21BrN2O3/c1-21(19(24)17-7-4-15(20)12-18(17)23)13-14-2-5-16(6-3-14)22-8-10-25-11-9-22/h2-7,12,23H,8-11,13H2,1H3. The summed E-state index contributed by atoms with van der Waals surface area (Å²) in [6, 6.07) is 13.1. The lowest BCUT2D eigenvalue weighted by molar-refractivity contribution is 0.0782. The number of anilines is 1. The van der Waals surface area contributed by atoms with Crippen molar-refractivity contribution in [3.8, 4) is 5.75 Å². The molecule has 1 aliphatic heterocycles. The first-order valence-corrected chi connectivity index (χ1v) is 8.99. The zero-order valence-electron chi connectivity index (χ0n) is 14.1. The quantitative estimate of drug-likeness (QED) is 0.849. The number of hydrogen-bond acceptors (Lipinski definition) is 4. The van der Waals surface area contributed by atoms with Crippen molar-refractivity contribution in [3.63, 3.8) is 0 Å². The maximum Gasteiger partial charge on any atom is 0.257 e. The van der Waals surface area contributed by atoms with Gasteiger partial charge < -0.3 is 19.6 Å². The number of ether oxygens (including phenoxy) is 1. The van der Waals surface area contributed by atoms with E-state index in [1.54, 1.807) is 24.1 Å². The number of halogens is 1. The van der Waals surface area contributed by atoms with Gasteiger partial charge in [0.15, 0.2) is 0 Å². The average molecular weight is 405 g/mol. The molecule has 3 rings (SSSR count). The highest BCUT2D eigenvalue weighted by Gasteiger charge is 2.16. The van der Waals surface area contributed by atoms with Crippen molar-refractivity contribution < 1.29 is 14.6 Å². The van der Waals surface area contributed by atoms with Crippen LogP contribution < -0.4 is 4.90 Å². The van der Waals surface area contributed by atoms with Gasteiger partial charge in [0.2, 0.25) is 0 Å². The van der Waals surface area contributed by atoms with Gasteiger partial charge in [0, 0.05) is 36.8 Å². The Morgan fingerprint density at radius 2 is 1.88 bits per heavy atom. The zero-order chi connectivity index (χ0) is 17.8. The van der Waals surface area contributed by atoms with Crippen molar-refractivity contribution in [1.82, 2.24) is 4.90 Å². The highest BCUT2D eigenvalue weighted by Crippen LogP contribution is 2.24. The summed E-state index contributed by atoms with van der Waals surface area (Å²) >= 11 is 3.28. The third-order valence-corrected chi connectivity index (χ3v) is 4.76. The third kappa shape index (κ3) is 4.32. The van der Waals surface area contributed by atoms with E-state index in [0.29, 0.717) is 12.1 Å². The molecule has 1 heterocycles. The third-order valence-electron chi connectivity index (χ3n) is 4.27. The van der Waals surface area contributed by atoms with E-state index in [1.807, 2.05) is 12.1 Å². The number of hydrogen-bond donors (Lipinski definition) is 1. The number of carbonyl (C=O) groups excluding carboxylic acids is 1. The highest BCUT2D eigenvalue weighted by atomic mass is 79.9. The van der Waals surface area contributed by atoms with E-state index >= 15 is 0 Å². The summed E-state index contributed by atoms with van der Waals surface area (Å²) < 4.78 is 6.11. The van der Waals surface area contributed by atoms with Gasteiger partial charge >= 0.3 is 0 Å². The Morgan fingerprint density at radius 3 is 2.52 bits per heavy atom. The summed E-state index contributed by atoms with van der Waals surface area (Å²) in [5, 5.41) is 9.96. The smallest absolute Gasteiger partial charge is 0.257 e. The molecule has 0 atom stereocenters. The van der Waals surface area contributed by atoms with Crippen molar-refractivity contribution >= 4 is 27.5 Å². The minimum absolute atomic E-state index is 0.0195. The van der Waals surface area contributed by atoms with Gasteiger partial charge in [-0.15, -0.1) is 0 Å². The Hall–Kier alpha value is -2.05. The lowest BCUT2D eigenvalue weighted by atomic mass is 10.1. The molecule has 2 aromatic carbocycles. The van der Waals surface area contributed by atoms with E-state index in [2.05, 4.69) is 33.0 Å². The molecular weight excluding hydrogens is 384 g/mol. The maximum absolute atomic E-state index is 12.5. The van der Waals surface area contributed by atoms with Crippen LogP contribution in [0.4, 0.5) is 5.69 Å². The molecule has 0 aliphatic carbocycles. The normalized spacial score (nSPS) is 14.4. The SMILES string of the molecule is CN(Cc1ccc(N2CCOCC2)cc1)C(=O)c1ccc(Br)cc1O. The van der Waals surface area contributed by atoms with Crippen LogP contribution in [0.15, 0.2) is 46.9 Å². The zero-order valence-corrected chi connectivity index (χ0v) is 15.7. The Balaban J connectivity index is 1.65. The van der Waals surface area contributed by atoms with Gasteiger partial charge in [0.05, 0.1) is 18.8 Å². The van der Waals surface area contributed by atoms with E-state index in [9.17, 15) is 9.90 Å². The van der Waals surface area contributed by atoms with Crippen LogP contribution in [0.1, 0.15) is 15.9 Å². The summed E-state index contributed by atoms with van der Waals surface area (Å²) in [5.41, 5.74) is 2.52. The lowest BCUT2D eigenvalue weighted by Gasteiger charge is -2.29. The molecule has 132 valence electrons. The number of amides is 1. The van der Waals surface area contributed by atoms with Gasteiger partial charge in [-0.2, -0.15) is 0 Å². The molecule has 0 bridgehead atoms. The van der Waals surface area contributed by atoms with Gasteiger partial charge in [0.1, 0.15) is 5.75 Å². The van der Waals surface area contributed by atoms with Crippen molar-refractivity contribution in [1.29, 1.82) is 0 Å². The maximum atomic E-state index is 12.5.